The minimum absolute atomic E-state index is 1.22. The van der Waals surface area contributed by atoms with Gasteiger partial charge in [-0.3, -0.25) is 0 Å². The van der Waals surface area contributed by atoms with Crippen molar-refractivity contribution in [2.75, 3.05) is 0 Å². The van der Waals surface area contributed by atoms with Gasteiger partial charge in [0.1, 0.15) is 0 Å². The molecule has 0 amide bonds. The predicted octanol–water partition coefficient (Wildman–Crippen LogP) is 14.1. The van der Waals surface area contributed by atoms with Gasteiger partial charge >= 0.3 is 0 Å². The summed E-state index contributed by atoms with van der Waals surface area (Å²) < 4.78 is 0. The fraction of sp³-hybridized carbons (Fsp3) is 0. The van der Waals surface area contributed by atoms with Crippen molar-refractivity contribution >= 4 is 53.9 Å². The normalized spacial score (nSPS) is 11.6. The van der Waals surface area contributed by atoms with Gasteiger partial charge < -0.3 is 0 Å². The molecule has 0 saturated heterocycles. The Balaban J connectivity index is 1.32. The summed E-state index contributed by atoms with van der Waals surface area (Å²) in [5.41, 5.74) is 10.1. The molecule has 0 saturated carbocycles. The lowest BCUT2D eigenvalue weighted by molar-refractivity contribution is 1.61. The van der Waals surface area contributed by atoms with Gasteiger partial charge in [0, 0.05) is 0 Å². The van der Waals surface area contributed by atoms with E-state index in [4.69, 9.17) is 0 Å². The third-order valence-electron chi connectivity index (χ3n) is 10.4. The monoisotopic (exact) mass is 632 g/mol. The van der Waals surface area contributed by atoms with Gasteiger partial charge in [-0.25, -0.2) is 0 Å². The van der Waals surface area contributed by atoms with Crippen LogP contribution in [-0.2, 0) is 0 Å². The van der Waals surface area contributed by atoms with Crippen LogP contribution in [0.25, 0.3) is 98.4 Å². The molecule has 0 bridgehead atoms. The van der Waals surface area contributed by atoms with Crippen LogP contribution < -0.4 is 0 Å². The molecule has 10 rings (SSSR count). The fourth-order valence-corrected chi connectivity index (χ4v) is 8.25. The molecule has 0 aliphatic heterocycles. The van der Waals surface area contributed by atoms with Crippen molar-refractivity contribution in [1.82, 2.24) is 0 Å². The molecule has 50 heavy (non-hydrogen) atoms. The molecule has 0 aromatic heterocycles. The zero-order chi connectivity index (χ0) is 33.0. The van der Waals surface area contributed by atoms with E-state index >= 15 is 0 Å². The molecule has 0 heteroatoms. The van der Waals surface area contributed by atoms with Crippen molar-refractivity contribution in [2.24, 2.45) is 0 Å². The largest absolute Gasteiger partial charge is 0.0622 e. The number of benzene rings is 10. The van der Waals surface area contributed by atoms with Crippen LogP contribution in [0.1, 0.15) is 0 Å². The molecule has 0 radical (unpaired) electrons. The maximum absolute atomic E-state index is 2.35. The topological polar surface area (TPSA) is 0 Å². The Morgan fingerprint density at radius 3 is 1.04 bits per heavy atom. The Morgan fingerprint density at radius 2 is 0.540 bits per heavy atom. The van der Waals surface area contributed by atoms with Crippen LogP contribution in [0.3, 0.4) is 0 Å². The number of hydrogen-bond donors (Lipinski definition) is 0. The Bertz CT molecular complexity index is 2800. The number of hydrogen-bond acceptors (Lipinski definition) is 0. The first-order valence-corrected chi connectivity index (χ1v) is 17.4. The second-order valence-electron chi connectivity index (χ2n) is 13.2. The van der Waals surface area contributed by atoms with E-state index in [1.165, 1.54) is 98.4 Å². The van der Waals surface area contributed by atoms with Gasteiger partial charge in [0.05, 0.1) is 0 Å². The lowest BCUT2D eigenvalue weighted by Crippen LogP contribution is -1.94. The van der Waals surface area contributed by atoms with Crippen LogP contribution in [0.2, 0.25) is 0 Å². The van der Waals surface area contributed by atoms with Gasteiger partial charge in [-0.2, -0.15) is 0 Å². The lowest BCUT2D eigenvalue weighted by atomic mass is 9.81. The first-order valence-electron chi connectivity index (χ1n) is 17.4. The van der Waals surface area contributed by atoms with E-state index in [1.807, 2.05) is 0 Å². The fourth-order valence-electron chi connectivity index (χ4n) is 8.25. The quantitative estimate of drug-likeness (QED) is 0.169. The summed E-state index contributed by atoms with van der Waals surface area (Å²) in [4.78, 5) is 0. The van der Waals surface area contributed by atoms with E-state index in [0.29, 0.717) is 0 Å². The van der Waals surface area contributed by atoms with Crippen LogP contribution in [0.5, 0.6) is 0 Å². The van der Waals surface area contributed by atoms with Crippen molar-refractivity contribution in [3.05, 3.63) is 194 Å². The molecule has 10 aromatic rings. The van der Waals surface area contributed by atoms with Crippen LogP contribution in [-0.4, -0.2) is 0 Å². The van der Waals surface area contributed by atoms with Crippen LogP contribution in [0.4, 0.5) is 0 Å². The summed E-state index contributed by atoms with van der Waals surface area (Å²) in [6.45, 7) is 0. The second-order valence-corrected chi connectivity index (χ2v) is 13.2. The molecule has 0 fully saturated rings. The average molecular weight is 633 g/mol. The predicted molar refractivity (Wildman–Crippen MR) is 216 cm³/mol. The molecular weight excluding hydrogens is 601 g/mol. The zero-order valence-electron chi connectivity index (χ0n) is 27.5. The van der Waals surface area contributed by atoms with Crippen molar-refractivity contribution < 1.29 is 0 Å². The standard InChI is InChI=1S/C50H32/c1-2-15-33(16-3-1)36-19-14-20-37(31-36)47-39-21-6-10-25-43(39)49(44-26-11-7-22-40(44)47)50-45-27-12-8-23-41(45)48(42-24-9-13-28-46(42)50)38-30-29-34-17-4-5-18-35(34)32-38/h1-32H. The maximum atomic E-state index is 2.35. The summed E-state index contributed by atoms with van der Waals surface area (Å²) in [5.74, 6) is 0. The van der Waals surface area contributed by atoms with Crippen molar-refractivity contribution in [2.45, 2.75) is 0 Å². The highest BCUT2D eigenvalue weighted by atomic mass is 14.2. The Morgan fingerprint density at radius 1 is 0.180 bits per heavy atom. The number of rotatable bonds is 4. The van der Waals surface area contributed by atoms with Gasteiger partial charge in [0.2, 0.25) is 0 Å². The van der Waals surface area contributed by atoms with Crippen molar-refractivity contribution in [3.8, 4) is 44.5 Å². The first-order chi connectivity index (χ1) is 24.8. The maximum Gasteiger partial charge on any atom is -0.00139 e. The Hall–Kier alpha value is -6.50. The SMILES string of the molecule is c1ccc(-c2cccc(-c3c4ccccc4c(-c4c5ccccc5c(-c5ccc6ccccc6c5)c5ccccc45)c4ccccc34)c2)cc1. The summed E-state index contributed by atoms with van der Waals surface area (Å²) in [7, 11) is 0. The minimum atomic E-state index is 1.22. The van der Waals surface area contributed by atoms with E-state index < -0.39 is 0 Å². The average Bonchev–Trinajstić information content (AvgIpc) is 3.19. The summed E-state index contributed by atoms with van der Waals surface area (Å²) in [5, 5.41) is 12.6. The molecule has 10 aromatic carbocycles. The summed E-state index contributed by atoms with van der Waals surface area (Å²) in [6, 6.07) is 71.3. The first kappa shape index (κ1) is 28.5. The third kappa shape index (κ3) is 4.46. The highest BCUT2D eigenvalue weighted by molar-refractivity contribution is 6.30. The number of fused-ring (bicyclic) bond motifs is 5. The molecule has 0 aliphatic carbocycles. The molecule has 0 nitrogen and oxygen atoms in total. The molecule has 0 N–H and O–H groups in total. The molecule has 0 aliphatic rings. The Kier molecular flexibility index (Phi) is 6.60. The second kappa shape index (κ2) is 11.6. The van der Waals surface area contributed by atoms with Crippen LogP contribution in [0, 0.1) is 0 Å². The van der Waals surface area contributed by atoms with Gasteiger partial charge in [-0.1, -0.05) is 182 Å². The van der Waals surface area contributed by atoms with E-state index in [1.54, 1.807) is 0 Å². The third-order valence-corrected chi connectivity index (χ3v) is 10.4. The molecule has 0 heterocycles. The van der Waals surface area contributed by atoms with Crippen LogP contribution in [0.15, 0.2) is 194 Å². The minimum Gasteiger partial charge on any atom is -0.0622 e. The highest BCUT2D eigenvalue weighted by Gasteiger charge is 2.22. The van der Waals surface area contributed by atoms with E-state index in [9.17, 15) is 0 Å². The van der Waals surface area contributed by atoms with Crippen molar-refractivity contribution in [3.63, 3.8) is 0 Å². The molecule has 0 atom stereocenters. The molecule has 232 valence electrons. The molecular formula is C50H32. The zero-order valence-corrected chi connectivity index (χ0v) is 27.5. The smallest absolute Gasteiger partial charge is 0.00139 e. The van der Waals surface area contributed by atoms with E-state index in [2.05, 4.69) is 194 Å². The Labute approximate surface area is 291 Å². The molecule has 0 spiro atoms. The van der Waals surface area contributed by atoms with Crippen molar-refractivity contribution in [1.29, 1.82) is 0 Å². The van der Waals surface area contributed by atoms with Gasteiger partial charge in [0.25, 0.3) is 0 Å². The van der Waals surface area contributed by atoms with Crippen LogP contribution >= 0.6 is 0 Å². The summed E-state index contributed by atoms with van der Waals surface area (Å²) >= 11 is 0. The van der Waals surface area contributed by atoms with Gasteiger partial charge in [-0.15, -0.1) is 0 Å². The van der Waals surface area contributed by atoms with Gasteiger partial charge in [-0.05, 0) is 111 Å². The lowest BCUT2D eigenvalue weighted by Gasteiger charge is -2.22. The van der Waals surface area contributed by atoms with E-state index in [-0.39, 0.29) is 0 Å². The van der Waals surface area contributed by atoms with E-state index in [0.717, 1.165) is 0 Å². The highest BCUT2D eigenvalue weighted by Crippen LogP contribution is 2.50. The van der Waals surface area contributed by atoms with Gasteiger partial charge in [0.15, 0.2) is 0 Å². The molecule has 0 unspecified atom stereocenters. The summed E-state index contributed by atoms with van der Waals surface area (Å²) in [6.07, 6.45) is 0.